The van der Waals surface area contributed by atoms with Gasteiger partial charge >= 0.3 is 5.97 Å². The number of carbonyl (C=O) groups is 1. The summed E-state index contributed by atoms with van der Waals surface area (Å²) < 4.78 is 13.5. The van der Waals surface area contributed by atoms with E-state index in [0.717, 1.165) is 29.7 Å². The lowest BCUT2D eigenvalue weighted by atomic mass is 9.96. The van der Waals surface area contributed by atoms with Crippen molar-refractivity contribution in [2.75, 3.05) is 6.61 Å². The van der Waals surface area contributed by atoms with E-state index in [4.69, 9.17) is 9.47 Å². The van der Waals surface area contributed by atoms with E-state index in [2.05, 4.69) is 11.9 Å². The Morgan fingerprint density at radius 2 is 1.86 bits per heavy atom. The van der Waals surface area contributed by atoms with Crippen molar-refractivity contribution in [3.8, 4) is 5.75 Å². The number of rotatable bonds is 9. The number of unbranched alkanes of at least 4 members (excludes halogenated alkanes) is 1. The highest BCUT2D eigenvalue weighted by Crippen LogP contribution is 2.32. The Morgan fingerprint density at radius 1 is 1.14 bits per heavy atom. The summed E-state index contributed by atoms with van der Waals surface area (Å²) in [7, 11) is 0. The van der Waals surface area contributed by atoms with E-state index >= 15 is 0 Å². The minimum atomic E-state index is -0.646. The molecule has 1 unspecified atom stereocenters. The molecule has 0 N–H and O–H groups in total. The van der Waals surface area contributed by atoms with E-state index in [-0.39, 0.29) is 11.7 Å². The minimum Gasteiger partial charge on any atom is -0.494 e. The lowest BCUT2D eigenvalue weighted by molar-refractivity contribution is -0.143. The molecular weight excluding hydrogens is 484 g/mol. The van der Waals surface area contributed by atoms with Crippen LogP contribution in [0.5, 0.6) is 5.75 Å². The van der Waals surface area contributed by atoms with Crippen molar-refractivity contribution >= 4 is 29.5 Å². The molecule has 6 nitrogen and oxygen atoms in total. The topological polar surface area (TPSA) is 69.9 Å². The lowest BCUT2D eigenvalue weighted by Gasteiger charge is -2.25. The van der Waals surface area contributed by atoms with Gasteiger partial charge in [-0.15, -0.1) is 0 Å². The number of hydrogen-bond acceptors (Lipinski definition) is 6. The number of carbonyl (C=O) groups excluding carboxylic acids is 1. The van der Waals surface area contributed by atoms with Gasteiger partial charge in [-0.2, -0.15) is 0 Å². The van der Waals surface area contributed by atoms with Gasteiger partial charge in [0, 0.05) is 0 Å². The van der Waals surface area contributed by atoms with Crippen LogP contribution in [0.4, 0.5) is 0 Å². The number of allylic oxidation sites excluding steroid dienone is 2. The molecule has 1 aromatic heterocycles. The molecule has 0 saturated carbocycles. The van der Waals surface area contributed by atoms with Crippen molar-refractivity contribution in [2.45, 2.75) is 52.7 Å². The summed E-state index contributed by atoms with van der Waals surface area (Å²) in [4.78, 5) is 32.0. The molecule has 0 aliphatic carbocycles. The maximum Gasteiger partial charge on any atom is 0.338 e. The van der Waals surface area contributed by atoms with Gasteiger partial charge in [0.2, 0.25) is 0 Å². The predicted molar refractivity (Wildman–Crippen MR) is 148 cm³/mol. The highest BCUT2D eigenvalue weighted by atomic mass is 32.1. The third-order valence-corrected chi connectivity index (χ3v) is 6.88. The Bertz CT molecular complexity index is 1480. The summed E-state index contributed by atoms with van der Waals surface area (Å²) in [5.41, 5.74) is 2.55. The van der Waals surface area contributed by atoms with Crippen LogP contribution in [0.25, 0.3) is 12.2 Å². The molecular formula is C30H32N2O4S. The standard InChI is InChI=1S/C30H32N2O4S/c1-5-6-19-35-24-17-15-23(16-18-24)27-26(29(34)36-20(2)3)21(4)31-30-32(27)28(33)25(37-30)14-10-13-22-11-8-7-9-12-22/h7-18,20,27H,5-6,19H2,1-4H3/b13-10+,25-14-. The molecule has 0 spiro atoms. The first kappa shape index (κ1) is 26.4. The minimum absolute atomic E-state index is 0.197. The largest absolute Gasteiger partial charge is 0.494 e. The molecule has 1 aliphatic rings. The molecule has 0 fully saturated rings. The van der Waals surface area contributed by atoms with Crippen molar-refractivity contribution in [1.29, 1.82) is 0 Å². The van der Waals surface area contributed by atoms with Crippen molar-refractivity contribution in [2.24, 2.45) is 4.99 Å². The zero-order valence-electron chi connectivity index (χ0n) is 21.6. The van der Waals surface area contributed by atoms with Gasteiger partial charge in [-0.05, 0) is 56.5 Å². The maximum atomic E-state index is 13.6. The molecule has 192 valence electrons. The summed E-state index contributed by atoms with van der Waals surface area (Å²) >= 11 is 1.31. The number of ether oxygens (including phenoxy) is 2. The Labute approximate surface area is 220 Å². The Kier molecular flexibility index (Phi) is 8.56. The van der Waals surface area contributed by atoms with Gasteiger partial charge in [0.1, 0.15) is 5.75 Å². The second-order valence-electron chi connectivity index (χ2n) is 9.10. The average molecular weight is 517 g/mol. The van der Waals surface area contributed by atoms with Gasteiger partial charge in [0.25, 0.3) is 5.56 Å². The van der Waals surface area contributed by atoms with Crippen LogP contribution in [0.2, 0.25) is 0 Å². The fourth-order valence-corrected chi connectivity index (χ4v) is 5.08. The summed E-state index contributed by atoms with van der Waals surface area (Å²) in [5.74, 6) is 0.283. The highest BCUT2D eigenvalue weighted by molar-refractivity contribution is 7.07. The second kappa shape index (κ2) is 12.0. The van der Waals surface area contributed by atoms with Gasteiger partial charge in [-0.3, -0.25) is 9.36 Å². The van der Waals surface area contributed by atoms with Crippen molar-refractivity contribution in [3.63, 3.8) is 0 Å². The summed E-state index contributed by atoms with van der Waals surface area (Å²) in [5, 5.41) is 0. The average Bonchev–Trinajstić information content (AvgIpc) is 3.18. The second-order valence-corrected chi connectivity index (χ2v) is 10.1. The molecule has 1 atom stereocenters. The number of aromatic nitrogens is 1. The first-order chi connectivity index (χ1) is 17.9. The maximum absolute atomic E-state index is 13.6. The SMILES string of the molecule is CCCCOc1ccc(C2C(C(=O)OC(C)C)=C(C)N=c3s/c(=C\C=C\c4ccccc4)c(=O)n32)cc1. The fourth-order valence-electron chi connectivity index (χ4n) is 4.08. The van der Waals surface area contributed by atoms with E-state index in [1.54, 1.807) is 31.4 Å². The van der Waals surface area contributed by atoms with Crippen molar-refractivity contribution < 1.29 is 14.3 Å². The third-order valence-electron chi connectivity index (χ3n) is 5.88. The smallest absolute Gasteiger partial charge is 0.338 e. The lowest BCUT2D eigenvalue weighted by Crippen LogP contribution is -2.40. The van der Waals surface area contributed by atoms with Gasteiger partial charge in [0.05, 0.1) is 34.6 Å². The number of thiazole rings is 1. The first-order valence-corrected chi connectivity index (χ1v) is 13.4. The van der Waals surface area contributed by atoms with E-state index in [9.17, 15) is 9.59 Å². The number of esters is 1. The molecule has 3 aromatic rings. The molecule has 0 radical (unpaired) electrons. The molecule has 0 bridgehead atoms. The number of hydrogen-bond donors (Lipinski definition) is 0. The van der Waals surface area contributed by atoms with Crippen LogP contribution in [-0.4, -0.2) is 23.2 Å². The van der Waals surface area contributed by atoms with Crippen LogP contribution in [0, 0.1) is 0 Å². The summed E-state index contributed by atoms with van der Waals surface area (Å²) in [6.45, 7) is 8.16. The molecule has 1 aliphatic heterocycles. The van der Waals surface area contributed by atoms with Gasteiger partial charge in [-0.1, -0.05) is 79.3 Å². The van der Waals surface area contributed by atoms with Crippen LogP contribution >= 0.6 is 11.3 Å². The number of nitrogens with zero attached hydrogens (tertiary/aromatic N) is 2. The summed E-state index contributed by atoms with van der Waals surface area (Å²) in [6.07, 6.45) is 7.34. The quantitative estimate of drug-likeness (QED) is 0.295. The monoisotopic (exact) mass is 516 g/mol. The molecule has 2 heterocycles. The van der Waals surface area contributed by atoms with Crippen molar-refractivity contribution in [3.05, 3.63) is 103 Å². The van der Waals surface area contributed by atoms with Gasteiger partial charge in [0.15, 0.2) is 4.80 Å². The fraction of sp³-hybridized carbons (Fsp3) is 0.300. The molecule has 0 amide bonds. The van der Waals surface area contributed by atoms with Gasteiger partial charge in [-0.25, -0.2) is 9.79 Å². The van der Waals surface area contributed by atoms with E-state index in [1.165, 1.54) is 11.3 Å². The number of fused-ring (bicyclic) bond motifs is 1. The predicted octanol–water partition coefficient (Wildman–Crippen LogP) is 5.03. The van der Waals surface area contributed by atoms with Crippen molar-refractivity contribution in [1.82, 2.24) is 4.57 Å². The normalized spacial score (nSPS) is 15.7. The third kappa shape index (κ3) is 6.17. The van der Waals surface area contributed by atoms with Crippen LogP contribution in [-0.2, 0) is 9.53 Å². The van der Waals surface area contributed by atoms with Crippen LogP contribution in [0.3, 0.4) is 0 Å². The molecule has 0 saturated heterocycles. The van der Waals surface area contributed by atoms with Crippen LogP contribution in [0.1, 0.15) is 57.7 Å². The van der Waals surface area contributed by atoms with Crippen LogP contribution < -0.4 is 19.6 Å². The molecule has 4 rings (SSSR count). The summed E-state index contributed by atoms with van der Waals surface area (Å²) in [6, 6.07) is 16.8. The van der Waals surface area contributed by atoms with Gasteiger partial charge < -0.3 is 9.47 Å². The van der Waals surface area contributed by atoms with E-state index in [1.807, 2.05) is 66.7 Å². The van der Waals surface area contributed by atoms with E-state index < -0.39 is 12.0 Å². The number of benzene rings is 2. The zero-order valence-corrected chi connectivity index (χ0v) is 22.5. The van der Waals surface area contributed by atoms with Crippen LogP contribution in [0.15, 0.2) is 81.7 Å². The zero-order chi connectivity index (χ0) is 26.4. The van der Waals surface area contributed by atoms with E-state index in [0.29, 0.717) is 27.2 Å². The molecule has 2 aromatic carbocycles. The molecule has 37 heavy (non-hydrogen) atoms. The Hall–Kier alpha value is -3.71. The Morgan fingerprint density at radius 3 is 2.54 bits per heavy atom. The highest BCUT2D eigenvalue weighted by Gasteiger charge is 2.33. The molecule has 7 heteroatoms. The Balaban J connectivity index is 1.78. The first-order valence-electron chi connectivity index (χ1n) is 12.6.